The molecule has 0 aliphatic rings. The molecule has 0 bridgehead atoms. The third-order valence-corrected chi connectivity index (χ3v) is 11.0. The van der Waals surface area contributed by atoms with Crippen LogP contribution >= 0.6 is 0 Å². The molecule has 0 unspecified atom stereocenters. The topological polar surface area (TPSA) is 64.7 Å². The molecule has 0 fully saturated rings. The number of benzene rings is 5. The maximum absolute atomic E-state index is 15.3. The minimum atomic E-state index is -2.36. The Kier molecular flexibility index (Phi) is 10.7. The zero-order valence-corrected chi connectivity index (χ0v) is 35.7. The van der Waals surface area contributed by atoms with E-state index >= 15 is 4.39 Å². The van der Waals surface area contributed by atoms with Crippen LogP contribution in [0.4, 0.5) is 4.39 Å². The van der Waals surface area contributed by atoms with Gasteiger partial charge < -0.3 is 19.4 Å². The van der Waals surface area contributed by atoms with E-state index in [1.54, 1.807) is 24.4 Å². The molecule has 7 heteroatoms. The molecular formula is C55H38FIrN4O. The monoisotopic (exact) mass is 985 g/mol. The van der Waals surface area contributed by atoms with Crippen molar-refractivity contribution < 1.29 is 33.0 Å². The molecule has 0 aliphatic carbocycles. The Bertz CT molecular complexity index is 3150. The van der Waals surface area contributed by atoms with Crippen LogP contribution < -0.4 is 0 Å². The van der Waals surface area contributed by atoms with E-state index < -0.39 is 6.85 Å². The third-order valence-electron chi connectivity index (χ3n) is 11.0. The molecule has 5 heterocycles. The fourth-order valence-electron chi connectivity index (χ4n) is 7.87. The summed E-state index contributed by atoms with van der Waals surface area (Å²) in [4.78, 5) is 18.6. The minimum absolute atomic E-state index is 0. The van der Waals surface area contributed by atoms with Crippen LogP contribution in [0.1, 0.15) is 32.1 Å². The van der Waals surface area contributed by atoms with Crippen LogP contribution in [-0.4, -0.2) is 19.9 Å². The van der Waals surface area contributed by atoms with Crippen molar-refractivity contribution in [2.45, 2.75) is 32.5 Å². The number of pyridine rings is 4. The van der Waals surface area contributed by atoms with Crippen molar-refractivity contribution in [1.29, 1.82) is 0 Å². The first kappa shape index (κ1) is 36.9. The smallest absolute Gasteiger partial charge is 0.486 e. The van der Waals surface area contributed by atoms with Gasteiger partial charge in [-0.3, -0.25) is 0 Å². The largest absolute Gasteiger partial charge is 3.00 e. The standard InChI is InChI=1S/C55H38FN4O.Ir/c1-36-15-24-48-47-13-8-14-49(54(47)61-55(48)60-36)53-28-22-43(35-59-53)46-25-23-45(56)32-50(46)44-30-39(18-16-37-20-26-51(57-33-37)41-9-4-2-5-10-41)29-40(31-44)19-17-38-21-27-52(58-34-38)42-11-6-3-7-12-42;/h2-9,11,13,15,20-35H,16-19H2,1H3;/q-3;+3/i1D3;. The van der Waals surface area contributed by atoms with Crippen molar-refractivity contribution in [2.24, 2.45) is 0 Å². The Morgan fingerprint density at radius 1 is 0.548 bits per heavy atom. The predicted octanol–water partition coefficient (Wildman–Crippen LogP) is 12.9. The Morgan fingerprint density at radius 3 is 1.81 bits per heavy atom. The van der Waals surface area contributed by atoms with E-state index in [1.807, 2.05) is 97.3 Å². The van der Waals surface area contributed by atoms with Gasteiger partial charge in [0.05, 0.1) is 5.58 Å². The van der Waals surface area contributed by atoms with Crippen molar-refractivity contribution in [1.82, 2.24) is 19.9 Å². The minimum Gasteiger partial charge on any atom is -0.486 e. The Morgan fingerprint density at radius 2 is 1.21 bits per heavy atom. The normalized spacial score (nSPS) is 12.1. The van der Waals surface area contributed by atoms with Gasteiger partial charge >= 0.3 is 20.1 Å². The van der Waals surface area contributed by atoms with E-state index in [9.17, 15) is 0 Å². The van der Waals surface area contributed by atoms with Crippen molar-refractivity contribution in [3.05, 3.63) is 216 Å². The maximum Gasteiger partial charge on any atom is 3.00 e. The number of nitrogens with zero attached hydrogens (tertiary/aromatic N) is 4. The van der Waals surface area contributed by atoms with Crippen LogP contribution in [0.15, 0.2) is 169 Å². The van der Waals surface area contributed by atoms with Crippen LogP contribution in [0, 0.1) is 30.9 Å². The van der Waals surface area contributed by atoms with Gasteiger partial charge in [0, 0.05) is 33.8 Å². The third kappa shape index (κ3) is 8.64. The van der Waals surface area contributed by atoms with Crippen molar-refractivity contribution in [3.63, 3.8) is 0 Å². The van der Waals surface area contributed by atoms with E-state index in [2.05, 4.69) is 53.5 Å². The second-order valence-electron chi connectivity index (χ2n) is 15.1. The number of hydrogen-bond acceptors (Lipinski definition) is 5. The van der Waals surface area contributed by atoms with E-state index in [0.717, 1.165) is 98.1 Å². The van der Waals surface area contributed by atoms with Crippen LogP contribution in [0.3, 0.4) is 0 Å². The van der Waals surface area contributed by atoms with Crippen LogP contribution in [-0.2, 0) is 45.8 Å². The average molecular weight is 985 g/mol. The van der Waals surface area contributed by atoms with Crippen molar-refractivity contribution >= 4 is 22.1 Å². The molecule has 0 atom stereocenters. The molecule has 10 aromatic rings. The van der Waals surface area contributed by atoms with Gasteiger partial charge in [0.15, 0.2) is 0 Å². The van der Waals surface area contributed by atoms with E-state index in [-0.39, 0.29) is 37.3 Å². The first-order chi connectivity index (χ1) is 31.2. The Balaban J connectivity index is 0.00000533. The molecule has 0 saturated carbocycles. The Labute approximate surface area is 378 Å². The van der Waals surface area contributed by atoms with Crippen molar-refractivity contribution in [3.8, 4) is 56.0 Å². The quantitative estimate of drug-likeness (QED) is 0.121. The summed E-state index contributed by atoms with van der Waals surface area (Å²) in [6.07, 6.45) is 8.75. The van der Waals surface area contributed by atoms with Gasteiger partial charge in [-0.1, -0.05) is 71.6 Å². The van der Waals surface area contributed by atoms with E-state index in [1.165, 1.54) is 12.1 Å². The predicted molar refractivity (Wildman–Crippen MR) is 241 cm³/mol. The molecular weight excluding hydrogens is 944 g/mol. The van der Waals surface area contributed by atoms with Gasteiger partial charge in [0.1, 0.15) is 5.82 Å². The number of furan rings is 1. The number of hydrogen-bond donors (Lipinski definition) is 0. The summed E-state index contributed by atoms with van der Waals surface area (Å²) in [5.74, 6) is -0.333. The molecule has 5 nitrogen and oxygen atoms in total. The molecule has 300 valence electrons. The van der Waals surface area contributed by atoms with Crippen LogP contribution in [0.2, 0.25) is 0 Å². The van der Waals surface area contributed by atoms with Gasteiger partial charge in [-0.25, -0.2) is 9.37 Å². The molecule has 0 saturated heterocycles. The van der Waals surface area contributed by atoms with Gasteiger partial charge in [-0.15, -0.1) is 90.0 Å². The van der Waals surface area contributed by atoms with Gasteiger partial charge in [0.25, 0.3) is 0 Å². The molecule has 62 heavy (non-hydrogen) atoms. The Hall–Kier alpha value is -6.92. The number of fused-ring (bicyclic) bond motifs is 3. The second kappa shape index (κ2) is 18.0. The molecule has 5 aromatic heterocycles. The van der Waals surface area contributed by atoms with Crippen LogP contribution in [0.25, 0.3) is 78.1 Å². The maximum atomic E-state index is 15.3. The first-order valence-corrected chi connectivity index (χ1v) is 20.2. The SMILES string of the molecule is [2H]C([2H])([2H])c1ccc2c(n1)oc1c(-c3ccc(-c4ccc(F)cc4-c4cc(CCc5ccc(-c6[c-]cccc6)nc5)cc(CCc5ccc(-c6[c-]cccc6)nc5)c4)cn3)[c-]ccc12.[Ir+3]. The molecule has 0 spiro atoms. The summed E-state index contributed by atoms with van der Waals surface area (Å²) >= 11 is 0. The van der Waals surface area contributed by atoms with E-state index in [4.69, 9.17) is 23.5 Å². The molecule has 0 radical (unpaired) electrons. The fourth-order valence-corrected chi connectivity index (χ4v) is 7.87. The second-order valence-corrected chi connectivity index (χ2v) is 15.1. The summed E-state index contributed by atoms with van der Waals surface area (Å²) in [7, 11) is 0. The van der Waals surface area contributed by atoms with Crippen LogP contribution in [0.5, 0.6) is 0 Å². The summed E-state index contributed by atoms with van der Waals surface area (Å²) < 4.78 is 44.9. The number of aromatic nitrogens is 4. The molecule has 5 aromatic carbocycles. The molecule has 10 rings (SSSR count). The molecule has 0 amide bonds. The van der Waals surface area contributed by atoms with Gasteiger partial charge in [0.2, 0.25) is 5.71 Å². The van der Waals surface area contributed by atoms with Gasteiger partial charge in [-0.05, 0) is 118 Å². The molecule has 0 N–H and O–H groups in total. The van der Waals surface area contributed by atoms with Crippen molar-refractivity contribution in [2.75, 3.05) is 0 Å². The summed E-state index contributed by atoms with van der Waals surface area (Å²) in [6.45, 7) is -2.36. The first-order valence-electron chi connectivity index (χ1n) is 21.7. The zero-order valence-electron chi connectivity index (χ0n) is 36.3. The summed E-state index contributed by atoms with van der Waals surface area (Å²) in [5, 5.41) is 1.49. The average Bonchev–Trinajstić information content (AvgIpc) is 3.72. The number of aryl methyl sites for hydroxylation is 5. The fraction of sp³-hybridized carbons (Fsp3) is 0.0909. The number of rotatable bonds is 11. The summed E-state index contributed by atoms with van der Waals surface area (Å²) in [5.41, 5.74) is 13.5. The number of halogens is 1. The van der Waals surface area contributed by atoms with Gasteiger partial charge in [-0.2, -0.15) is 0 Å². The molecule has 0 aliphatic heterocycles. The van der Waals surface area contributed by atoms with E-state index in [0.29, 0.717) is 22.2 Å². The summed E-state index contributed by atoms with van der Waals surface area (Å²) in [6, 6.07) is 56.0. The zero-order chi connectivity index (χ0) is 43.6.